The van der Waals surface area contributed by atoms with Crippen molar-refractivity contribution in [2.24, 2.45) is 5.92 Å². The number of imide groups is 1. The lowest BCUT2D eigenvalue weighted by atomic mass is 10.1. The number of amides is 2. The smallest absolute Gasteiger partial charge is 0.237 e. The minimum atomic E-state index is -0.204. The highest BCUT2D eigenvalue weighted by Gasteiger charge is 2.37. The highest BCUT2D eigenvalue weighted by atomic mass is 79.9. The van der Waals surface area contributed by atoms with Crippen LogP contribution < -0.4 is 4.90 Å². The van der Waals surface area contributed by atoms with Crippen LogP contribution in [0.2, 0.25) is 0 Å². The summed E-state index contributed by atoms with van der Waals surface area (Å²) in [6.45, 7) is 5.62. The molecule has 3 nitrogen and oxygen atoms in total. The topological polar surface area (TPSA) is 37.4 Å². The lowest BCUT2D eigenvalue weighted by molar-refractivity contribution is -0.122. The summed E-state index contributed by atoms with van der Waals surface area (Å²) in [6.07, 6.45) is 0.313. The van der Waals surface area contributed by atoms with Crippen molar-refractivity contribution in [1.82, 2.24) is 0 Å². The Labute approximate surface area is 109 Å². The molecule has 4 heteroatoms. The molecule has 1 aromatic carbocycles. The van der Waals surface area contributed by atoms with Crippen molar-refractivity contribution in [2.75, 3.05) is 4.90 Å². The van der Waals surface area contributed by atoms with Crippen LogP contribution in [0.3, 0.4) is 0 Å². The van der Waals surface area contributed by atoms with Gasteiger partial charge in [-0.1, -0.05) is 22.9 Å². The summed E-state index contributed by atoms with van der Waals surface area (Å²) in [6, 6.07) is 3.84. The van der Waals surface area contributed by atoms with Crippen LogP contribution in [0.25, 0.3) is 0 Å². The van der Waals surface area contributed by atoms with E-state index in [-0.39, 0.29) is 17.7 Å². The number of benzene rings is 1. The van der Waals surface area contributed by atoms with E-state index in [1.807, 2.05) is 26.0 Å². The van der Waals surface area contributed by atoms with Gasteiger partial charge in [-0.3, -0.25) is 9.59 Å². The van der Waals surface area contributed by atoms with Crippen LogP contribution in [0.5, 0.6) is 0 Å². The molecule has 0 aromatic heterocycles. The summed E-state index contributed by atoms with van der Waals surface area (Å²) in [4.78, 5) is 25.2. The molecule has 0 N–H and O–H groups in total. The van der Waals surface area contributed by atoms with Crippen LogP contribution in [0.4, 0.5) is 5.69 Å². The van der Waals surface area contributed by atoms with Crippen LogP contribution in [0.1, 0.15) is 24.5 Å². The normalized spacial score (nSPS) is 20.2. The average Bonchev–Trinajstić information content (AvgIpc) is 2.43. The van der Waals surface area contributed by atoms with E-state index in [9.17, 15) is 9.59 Å². The molecule has 0 radical (unpaired) electrons. The molecule has 0 aliphatic carbocycles. The number of anilines is 1. The summed E-state index contributed by atoms with van der Waals surface area (Å²) in [7, 11) is 0. The number of rotatable bonds is 1. The fraction of sp³-hybridized carbons (Fsp3) is 0.385. The maximum Gasteiger partial charge on any atom is 0.237 e. The maximum absolute atomic E-state index is 12.0. The molecule has 90 valence electrons. The van der Waals surface area contributed by atoms with Crippen molar-refractivity contribution in [3.63, 3.8) is 0 Å². The minimum absolute atomic E-state index is 0.0940. The number of carbonyl (C=O) groups is 2. The fourth-order valence-corrected chi connectivity index (χ4v) is 2.96. The van der Waals surface area contributed by atoms with Crippen molar-refractivity contribution in [2.45, 2.75) is 27.2 Å². The third-order valence-corrected chi connectivity index (χ3v) is 3.51. The van der Waals surface area contributed by atoms with Crippen LogP contribution in [0.15, 0.2) is 16.6 Å². The van der Waals surface area contributed by atoms with E-state index in [0.29, 0.717) is 6.42 Å². The Morgan fingerprint density at radius 2 is 1.76 bits per heavy atom. The van der Waals surface area contributed by atoms with Crippen molar-refractivity contribution in [3.05, 3.63) is 27.7 Å². The monoisotopic (exact) mass is 295 g/mol. The van der Waals surface area contributed by atoms with Gasteiger partial charge in [0.05, 0.1) is 5.69 Å². The first-order valence-corrected chi connectivity index (χ1v) is 6.34. The van der Waals surface area contributed by atoms with Crippen molar-refractivity contribution in [3.8, 4) is 0 Å². The lowest BCUT2D eigenvalue weighted by Crippen LogP contribution is -2.31. The van der Waals surface area contributed by atoms with E-state index < -0.39 is 0 Å². The van der Waals surface area contributed by atoms with Crippen LogP contribution >= 0.6 is 15.9 Å². The molecular weight excluding hydrogens is 282 g/mol. The van der Waals surface area contributed by atoms with Gasteiger partial charge in [0, 0.05) is 16.8 Å². The Morgan fingerprint density at radius 1 is 1.24 bits per heavy atom. The Balaban J connectivity index is 2.55. The van der Waals surface area contributed by atoms with Gasteiger partial charge in [0.15, 0.2) is 0 Å². The minimum Gasteiger partial charge on any atom is -0.274 e. The molecule has 1 unspecified atom stereocenters. The number of hydrogen-bond donors (Lipinski definition) is 0. The largest absolute Gasteiger partial charge is 0.274 e. The molecule has 1 saturated heterocycles. The number of hydrogen-bond acceptors (Lipinski definition) is 2. The second-order valence-corrected chi connectivity index (χ2v) is 5.48. The molecule has 1 fully saturated rings. The highest BCUT2D eigenvalue weighted by molar-refractivity contribution is 9.10. The quantitative estimate of drug-likeness (QED) is 0.747. The van der Waals surface area contributed by atoms with Crippen molar-refractivity contribution >= 4 is 33.4 Å². The fourth-order valence-electron chi connectivity index (χ4n) is 2.27. The lowest BCUT2D eigenvalue weighted by Gasteiger charge is -2.20. The van der Waals surface area contributed by atoms with E-state index in [0.717, 1.165) is 21.3 Å². The molecule has 1 aliphatic heterocycles. The van der Waals surface area contributed by atoms with Crippen molar-refractivity contribution in [1.29, 1.82) is 0 Å². The number of halogens is 1. The molecule has 1 aliphatic rings. The van der Waals surface area contributed by atoms with E-state index in [2.05, 4.69) is 15.9 Å². The van der Waals surface area contributed by atoms with Gasteiger partial charge in [-0.15, -0.1) is 0 Å². The zero-order chi connectivity index (χ0) is 12.7. The first-order valence-electron chi connectivity index (χ1n) is 5.55. The highest BCUT2D eigenvalue weighted by Crippen LogP contribution is 2.33. The average molecular weight is 296 g/mol. The summed E-state index contributed by atoms with van der Waals surface area (Å²) >= 11 is 3.41. The summed E-state index contributed by atoms with van der Waals surface area (Å²) in [5.74, 6) is -0.399. The van der Waals surface area contributed by atoms with Gasteiger partial charge in [0.25, 0.3) is 0 Å². The third kappa shape index (κ3) is 2.02. The Bertz CT molecular complexity index is 487. The van der Waals surface area contributed by atoms with Gasteiger partial charge in [0.1, 0.15) is 0 Å². The van der Waals surface area contributed by atoms with Gasteiger partial charge in [-0.2, -0.15) is 0 Å². The van der Waals surface area contributed by atoms with Crippen LogP contribution in [-0.2, 0) is 9.59 Å². The second kappa shape index (κ2) is 4.26. The molecule has 17 heavy (non-hydrogen) atoms. The molecular formula is C13H14BrNO2. The zero-order valence-electron chi connectivity index (χ0n) is 10.1. The standard InChI is InChI=1S/C13H14BrNO2/c1-7-4-10(14)5-8(2)12(7)15-11(16)6-9(3)13(15)17/h4-5,9H,6H2,1-3H3. The van der Waals surface area contributed by atoms with E-state index >= 15 is 0 Å². The third-order valence-electron chi connectivity index (χ3n) is 3.05. The van der Waals surface area contributed by atoms with Gasteiger partial charge >= 0.3 is 0 Å². The predicted molar refractivity (Wildman–Crippen MR) is 69.9 cm³/mol. The van der Waals surface area contributed by atoms with E-state index in [1.165, 1.54) is 4.90 Å². The Morgan fingerprint density at radius 3 is 2.18 bits per heavy atom. The molecule has 0 saturated carbocycles. The first kappa shape index (κ1) is 12.3. The molecule has 2 rings (SSSR count). The van der Waals surface area contributed by atoms with Crippen molar-refractivity contribution < 1.29 is 9.59 Å². The summed E-state index contributed by atoms with van der Waals surface area (Å²) in [5.41, 5.74) is 2.62. The number of aryl methyl sites for hydroxylation is 2. The maximum atomic E-state index is 12.0. The molecule has 1 heterocycles. The predicted octanol–water partition coefficient (Wildman–Crippen LogP) is 2.97. The Kier molecular flexibility index (Phi) is 3.08. The Hall–Kier alpha value is -1.16. The van der Waals surface area contributed by atoms with Gasteiger partial charge in [-0.25, -0.2) is 4.90 Å². The van der Waals surface area contributed by atoms with Crippen LogP contribution in [0, 0.1) is 19.8 Å². The first-order chi connectivity index (χ1) is 7.91. The van der Waals surface area contributed by atoms with Gasteiger partial charge in [-0.05, 0) is 37.1 Å². The van der Waals surface area contributed by atoms with E-state index in [1.54, 1.807) is 6.92 Å². The molecule has 1 aromatic rings. The summed E-state index contributed by atoms with van der Waals surface area (Å²) in [5, 5.41) is 0. The number of carbonyl (C=O) groups excluding carboxylic acids is 2. The molecule has 0 bridgehead atoms. The van der Waals surface area contributed by atoms with Gasteiger partial charge < -0.3 is 0 Å². The second-order valence-electron chi connectivity index (χ2n) is 4.56. The molecule has 2 amide bonds. The molecule has 0 spiro atoms. The van der Waals surface area contributed by atoms with E-state index in [4.69, 9.17) is 0 Å². The SMILES string of the molecule is Cc1cc(Br)cc(C)c1N1C(=O)CC(C)C1=O. The summed E-state index contributed by atoms with van der Waals surface area (Å²) < 4.78 is 0.961. The zero-order valence-corrected chi connectivity index (χ0v) is 11.7. The van der Waals surface area contributed by atoms with Gasteiger partial charge in [0.2, 0.25) is 11.8 Å². The molecule has 1 atom stereocenters. The number of nitrogens with zero attached hydrogens (tertiary/aromatic N) is 1. The van der Waals surface area contributed by atoms with Crippen LogP contribution in [-0.4, -0.2) is 11.8 Å².